The van der Waals surface area contributed by atoms with Crippen molar-refractivity contribution in [2.24, 2.45) is 0 Å². The number of nitro benzene ring substituents is 1. The van der Waals surface area contributed by atoms with Gasteiger partial charge >= 0.3 is 5.97 Å². The maximum Gasteiger partial charge on any atom is 0.364 e. The second-order valence-corrected chi connectivity index (χ2v) is 3.17. The third kappa shape index (κ3) is 2.77. The molecule has 7 heteroatoms. The standard InChI is InChI=1S/C9H5ClFNO4/c10-6-2-1-5(3-7(11)9(13)14)4-8(6)12(15)16/h1-4H,(H,13,14). The van der Waals surface area contributed by atoms with E-state index in [1.807, 2.05) is 0 Å². The average molecular weight is 246 g/mol. The van der Waals surface area contributed by atoms with Crippen LogP contribution in [0.3, 0.4) is 0 Å². The molecule has 0 unspecified atom stereocenters. The maximum absolute atomic E-state index is 12.7. The number of hydrogen-bond acceptors (Lipinski definition) is 3. The van der Waals surface area contributed by atoms with Crippen LogP contribution in [0.2, 0.25) is 5.02 Å². The highest BCUT2D eigenvalue weighted by atomic mass is 35.5. The van der Waals surface area contributed by atoms with Crippen molar-refractivity contribution in [1.82, 2.24) is 0 Å². The Morgan fingerprint density at radius 2 is 2.19 bits per heavy atom. The van der Waals surface area contributed by atoms with Crippen LogP contribution in [0.4, 0.5) is 10.1 Å². The van der Waals surface area contributed by atoms with Crippen molar-refractivity contribution in [2.75, 3.05) is 0 Å². The van der Waals surface area contributed by atoms with Crippen LogP contribution in [0, 0.1) is 10.1 Å². The van der Waals surface area contributed by atoms with Crippen molar-refractivity contribution >= 4 is 29.3 Å². The van der Waals surface area contributed by atoms with Crippen molar-refractivity contribution in [3.63, 3.8) is 0 Å². The molecule has 0 saturated heterocycles. The first-order valence-corrected chi connectivity index (χ1v) is 4.34. The summed E-state index contributed by atoms with van der Waals surface area (Å²) < 4.78 is 12.7. The van der Waals surface area contributed by atoms with Gasteiger partial charge in [-0.15, -0.1) is 0 Å². The predicted molar refractivity (Wildman–Crippen MR) is 54.8 cm³/mol. The molecule has 5 nitrogen and oxygen atoms in total. The maximum atomic E-state index is 12.7. The van der Waals surface area contributed by atoms with E-state index in [2.05, 4.69) is 0 Å². The molecule has 1 aromatic carbocycles. The monoisotopic (exact) mass is 245 g/mol. The molecule has 1 rings (SSSR count). The second-order valence-electron chi connectivity index (χ2n) is 2.77. The highest BCUT2D eigenvalue weighted by Crippen LogP contribution is 2.26. The summed E-state index contributed by atoms with van der Waals surface area (Å²) >= 11 is 5.52. The summed E-state index contributed by atoms with van der Waals surface area (Å²) in [4.78, 5) is 19.9. The molecule has 0 bridgehead atoms. The van der Waals surface area contributed by atoms with Crippen LogP contribution in [0.15, 0.2) is 24.0 Å². The number of nitrogens with zero attached hydrogens (tertiary/aromatic N) is 1. The molecule has 16 heavy (non-hydrogen) atoms. The first-order valence-electron chi connectivity index (χ1n) is 3.96. The minimum Gasteiger partial charge on any atom is -0.476 e. The molecule has 0 radical (unpaired) electrons. The average Bonchev–Trinajstić information content (AvgIpc) is 2.20. The molecule has 0 heterocycles. The van der Waals surface area contributed by atoms with Crippen molar-refractivity contribution < 1.29 is 19.2 Å². The number of hydrogen-bond donors (Lipinski definition) is 1. The Labute approximate surface area is 93.9 Å². The summed E-state index contributed by atoms with van der Waals surface area (Å²) in [5.74, 6) is -3.14. The Bertz CT molecular complexity index is 486. The van der Waals surface area contributed by atoms with E-state index in [1.54, 1.807) is 0 Å². The van der Waals surface area contributed by atoms with Crippen LogP contribution in [0.5, 0.6) is 0 Å². The summed E-state index contributed by atoms with van der Waals surface area (Å²) in [7, 11) is 0. The van der Waals surface area contributed by atoms with Gasteiger partial charge in [0.05, 0.1) is 4.92 Å². The lowest BCUT2D eigenvalue weighted by molar-refractivity contribution is -0.384. The fourth-order valence-corrected chi connectivity index (χ4v) is 1.15. The fraction of sp³-hybridized carbons (Fsp3) is 0. The minimum absolute atomic E-state index is 0.0519. The molecule has 0 fully saturated rings. The van der Waals surface area contributed by atoms with Gasteiger partial charge in [0, 0.05) is 6.07 Å². The van der Waals surface area contributed by atoms with Crippen LogP contribution in [-0.4, -0.2) is 16.0 Å². The summed E-state index contributed by atoms with van der Waals surface area (Å²) in [6, 6.07) is 3.46. The van der Waals surface area contributed by atoms with E-state index >= 15 is 0 Å². The highest BCUT2D eigenvalue weighted by Gasteiger charge is 2.13. The molecular weight excluding hydrogens is 241 g/mol. The quantitative estimate of drug-likeness (QED) is 0.504. The molecule has 0 spiro atoms. The second kappa shape index (κ2) is 4.71. The summed E-state index contributed by atoms with van der Waals surface area (Å²) in [6.07, 6.45) is 0.672. The number of rotatable bonds is 3. The van der Waals surface area contributed by atoms with E-state index in [4.69, 9.17) is 16.7 Å². The normalized spacial score (nSPS) is 11.2. The lowest BCUT2D eigenvalue weighted by atomic mass is 10.2. The molecule has 0 atom stereocenters. The van der Waals surface area contributed by atoms with E-state index in [9.17, 15) is 19.3 Å². The van der Waals surface area contributed by atoms with Gasteiger partial charge in [-0.3, -0.25) is 10.1 Å². The molecule has 0 aliphatic carbocycles. The van der Waals surface area contributed by atoms with Gasteiger partial charge in [-0.1, -0.05) is 17.7 Å². The van der Waals surface area contributed by atoms with Gasteiger partial charge in [0.25, 0.3) is 5.69 Å². The van der Waals surface area contributed by atoms with E-state index in [0.717, 1.165) is 6.07 Å². The SMILES string of the molecule is O=C(O)C(F)=Cc1ccc(Cl)c([N+](=O)[O-])c1. The van der Waals surface area contributed by atoms with Crippen molar-refractivity contribution in [2.45, 2.75) is 0 Å². The molecule has 0 saturated carbocycles. The van der Waals surface area contributed by atoms with Crippen molar-refractivity contribution in [3.8, 4) is 0 Å². The largest absolute Gasteiger partial charge is 0.476 e. The molecule has 0 amide bonds. The van der Waals surface area contributed by atoms with E-state index in [0.29, 0.717) is 6.08 Å². The van der Waals surface area contributed by atoms with Crippen LogP contribution in [0.25, 0.3) is 6.08 Å². The van der Waals surface area contributed by atoms with Crippen LogP contribution < -0.4 is 0 Å². The Balaban J connectivity index is 3.18. The Hall–Kier alpha value is -1.95. The van der Waals surface area contributed by atoms with Gasteiger partial charge in [0.1, 0.15) is 5.02 Å². The molecule has 1 aromatic rings. The zero-order valence-electron chi connectivity index (χ0n) is 7.68. The molecule has 0 aromatic heterocycles. The van der Waals surface area contributed by atoms with Gasteiger partial charge in [-0.05, 0) is 17.7 Å². The first-order chi connectivity index (χ1) is 7.41. The molecule has 1 N–H and O–H groups in total. The molecule has 0 aliphatic heterocycles. The predicted octanol–water partition coefficient (Wildman–Crippen LogP) is 2.64. The zero-order valence-corrected chi connectivity index (χ0v) is 8.44. The molecule has 84 valence electrons. The summed E-state index contributed by atoms with van der Waals surface area (Å²) in [5.41, 5.74) is -0.357. The van der Waals surface area contributed by atoms with Gasteiger partial charge in [0.15, 0.2) is 0 Å². The minimum atomic E-state index is -1.74. The smallest absolute Gasteiger partial charge is 0.364 e. The fourth-order valence-electron chi connectivity index (χ4n) is 0.967. The zero-order chi connectivity index (χ0) is 12.3. The number of carboxylic acid groups (broad SMARTS) is 1. The number of nitro groups is 1. The third-order valence-electron chi connectivity index (χ3n) is 1.66. The van der Waals surface area contributed by atoms with Crippen molar-refractivity contribution in [3.05, 3.63) is 44.7 Å². The van der Waals surface area contributed by atoms with Crippen LogP contribution >= 0.6 is 11.6 Å². The number of benzene rings is 1. The third-order valence-corrected chi connectivity index (χ3v) is 1.98. The van der Waals surface area contributed by atoms with Crippen LogP contribution in [-0.2, 0) is 4.79 Å². The lowest BCUT2D eigenvalue weighted by Gasteiger charge is -1.97. The Morgan fingerprint density at radius 3 is 2.69 bits per heavy atom. The van der Waals surface area contributed by atoms with Crippen molar-refractivity contribution in [1.29, 1.82) is 0 Å². The van der Waals surface area contributed by atoms with Gasteiger partial charge < -0.3 is 5.11 Å². The number of aliphatic carboxylic acids is 1. The Kier molecular flexibility index (Phi) is 3.57. The molecule has 0 aliphatic rings. The Morgan fingerprint density at radius 1 is 1.56 bits per heavy atom. The first kappa shape index (κ1) is 12.1. The lowest BCUT2D eigenvalue weighted by Crippen LogP contribution is -1.94. The number of halogens is 2. The number of carboxylic acids is 1. The topological polar surface area (TPSA) is 80.4 Å². The summed E-state index contributed by atoms with van der Waals surface area (Å²) in [6.45, 7) is 0. The molecular formula is C9H5ClFNO4. The highest BCUT2D eigenvalue weighted by molar-refractivity contribution is 6.32. The van der Waals surface area contributed by atoms with E-state index < -0.39 is 22.4 Å². The van der Waals surface area contributed by atoms with E-state index in [1.165, 1.54) is 12.1 Å². The summed E-state index contributed by atoms with van der Waals surface area (Å²) in [5, 5.41) is 18.7. The van der Waals surface area contributed by atoms with Crippen LogP contribution in [0.1, 0.15) is 5.56 Å². The van der Waals surface area contributed by atoms with Gasteiger partial charge in [-0.25, -0.2) is 4.79 Å². The van der Waals surface area contributed by atoms with E-state index in [-0.39, 0.29) is 10.6 Å². The van der Waals surface area contributed by atoms with Gasteiger partial charge in [-0.2, -0.15) is 4.39 Å². The van der Waals surface area contributed by atoms with Gasteiger partial charge in [0.2, 0.25) is 5.83 Å². The number of carbonyl (C=O) groups is 1.